The number of benzene rings is 1. The number of furan rings is 1. The summed E-state index contributed by atoms with van der Waals surface area (Å²) in [6, 6.07) is 9.67. The third kappa shape index (κ3) is 2.93. The molecule has 1 aliphatic heterocycles. The molecule has 1 aromatic heterocycles. The van der Waals surface area contributed by atoms with Gasteiger partial charge < -0.3 is 19.5 Å². The van der Waals surface area contributed by atoms with Crippen LogP contribution in [0.25, 0.3) is 0 Å². The monoisotopic (exact) mass is 299 g/mol. The van der Waals surface area contributed by atoms with Crippen LogP contribution in [-0.4, -0.2) is 31.1 Å². The second-order valence-corrected chi connectivity index (χ2v) is 5.54. The molecule has 0 fully saturated rings. The predicted molar refractivity (Wildman–Crippen MR) is 87.2 cm³/mol. The summed E-state index contributed by atoms with van der Waals surface area (Å²) in [5.41, 5.74) is 3.41. The zero-order chi connectivity index (χ0) is 15.5. The lowest BCUT2D eigenvalue weighted by Crippen LogP contribution is -2.30. The normalized spacial score (nSPS) is 13.1. The van der Waals surface area contributed by atoms with Crippen molar-refractivity contribution in [1.29, 1.82) is 0 Å². The molecule has 116 valence electrons. The van der Waals surface area contributed by atoms with E-state index in [0.717, 1.165) is 31.0 Å². The Balaban J connectivity index is 1.67. The van der Waals surface area contributed by atoms with Crippen molar-refractivity contribution in [3.8, 4) is 0 Å². The summed E-state index contributed by atoms with van der Waals surface area (Å²) in [4.78, 5) is 16.2. The first-order chi connectivity index (χ1) is 10.7. The highest BCUT2D eigenvalue weighted by Crippen LogP contribution is 2.30. The van der Waals surface area contributed by atoms with Crippen LogP contribution >= 0.6 is 0 Å². The highest BCUT2D eigenvalue weighted by atomic mass is 16.3. The van der Waals surface area contributed by atoms with E-state index in [1.807, 2.05) is 18.2 Å². The molecule has 22 heavy (non-hydrogen) atoms. The van der Waals surface area contributed by atoms with E-state index >= 15 is 0 Å². The second-order valence-electron chi connectivity index (χ2n) is 5.54. The minimum absolute atomic E-state index is 0.141. The summed E-state index contributed by atoms with van der Waals surface area (Å²) in [6.45, 7) is 4.65. The average Bonchev–Trinajstić information content (AvgIpc) is 3.15. The molecule has 3 rings (SSSR count). The van der Waals surface area contributed by atoms with Gasteiger partial charge in [-0.1, -0.05) is 6.07 Å². The van der Waals surface area contributed by atoms with Gasteiger partial charge in [0.2, 0.25) is 0 Å². The Bertz CT molecular complexity index is 652. The van der Waals surface area contributed by atoms with Crippen LogP contribution in [0.3, 0.4) is 0 Å². The molecular weight excluding hydrogens is 278 g/mol. The van der Waals surface area contributed by atoms with E-state index in [0.29, 0.717) is 6.54 Å². The first kappa shape index (κ1) is 14.5. The van der Waals surface area contributed by atoms with Crippen LogP contribution < -0.4 is 10.2 Å². The number of carbonyl (C=O) groups excluding carboxylic acids is 1. The number of nitrogens with one attached hydrogen (secondary N) is 1. The van der Waals surface area contributed by atoms with Crippen LogP contribution in [0.2, 0.25) is 0 Å². The number of likely N-dealkylation sites (N-methyl/N-ethyl adjacent to an activating group) is 1. The molecule has 0 saturated heterocycles. The van der Waals surface area contributed by atoms with Crippen LogP contribution in [0.4, 0.5) is 16.2 Å². The van der Waals surface area contributed by atoms with Crippen molar-refractivity contribution in [2.45, 2.75) is 19.9 Å². The number of anilines is 2. The Hall–Kier alpha value is -2.43. The number of urea groups is 1. The van der Waals surface area contributed by atoms with Gasteiger partial charge in [-0.2, -0.15) is 0 Å². The molecule has 0 saturated carbocycles. The Labute approximate surface area is 130 Å². The standard InChI is InChI=1S/C17H21N3O2/c1-3-20-9-8-13-6-7-14(11-16(13)20)18-17(21)19(2)12-15-5-4-10-22-15/h4-7,10-11H,3,8-9,12H2,1-2H3,(H,18,21). The Kier molecular flexibility index (Phi) is 4.04. The van der Waals surface area contributed by atoms with Crippen molar-refractivity contribution in [1.82, 2.24) is 4.90 Å². The van der Waals surface area contributed by atoms with Crippen molar-refractivity contribution in [2.24, 2.45) is 0 Å². The number of nitrogens with zero attached hydrogens (tertiary/aromatic N) is 2. The quantitative estimate of drug-likeness (QED) is 0.942. The van der Waals surface area contributed by atoms with Crippen molar-refractivity contribution in [3.63, 3.8) is 0 Å². The Morgan fingerprint density at radius 1 is 1.41 bits per heavy atom. The molecule has 0 aliphatic carbocycles. The minimum atomic E-state index is -0.141. The van der Waals surface area contributed by atoms with Crippen molar-refractivity contribution < 1.29 is 9.21 Å². The lowest BCUT2D eigenvalue weighted by atomic mass is 10.1. The molecule has 0 bridgehead atoms. The summed E-state index contributed by atoms with van der Waals surface area (Å²) in [5.74, 6) is 0.767. The van der Waals surface area contributed by atoms with Gasteiger partial charge in [0.05, 0.1) is 12.8 Å². The van der Waals surface area contributed by atoms with Crippen molar-refractivity contribution in [3.05, 3.63) is 47.9 Å². The van der Waals surface area contributed by atoms with Gasteiger partial charge in [-0.15, -0.1) is 0 Å². The van der Waals surface area contributed by atoms with Gasteiger partial charge in [0.1, 0.15) is 5.76 Å². The fourth-order valence-corrected chi connectivity index (χ4v) is 2.78. The zero-order valence-electron chi connectivity index (χ0n) is 13.0. The maximum Gasteiger partial charge on any atom is 0.321 e. The van der Waals surface area contributed by atoms with Crippen LogP contribution in [0.15, 0.2) is 41.0 Å². The smallest absolute Gasteiger partial charge is 0.321 e. The fraction of sp³-hybridized carbons (Fsp3) is 0.353. The summed E-state index contributed by atoms with van der Waals surface area (Å²) >= 11 is 0. The first-order valence-corrected chi connectivity index (χ1v) is 7.59. The van der Waals surface area contributed by atoms with Gasteiger partial charge in [0.15, 0.2) is 0 Å². The lowest BCUT2D eigenvalue weighted by Gasteiger charge is -2.19. The number of hydrogen-bond donors (Lipinski definition) is 1. The van der Waals surface area contributed by atoms with Gasteiger partial charge in [0.25, 0.3) is 0 Å². The van der Waals surface area contributed by atoms with Crippen molar-refractivity contribution >= 4 is 17.4 Å². The molecule has 2 heterocycles. The number of hydrogen-bond acceptors (Lipinski definition) is 3. The van der Waals surface area contributed by atoms with Crippen LogP contribution in [0.1, 0.15) is 18.2 Å². The summed E-state index contributed by atoms with van der Waals surface area (Å²) in [5, 5.41) is 2.95. The van der Waals surface area contributed by atoms with Gasteiger partial charge in [-0.3, -0.25) is 0 Å². The van der Waals surface area contributed by atoms with Gasteiger partial charge in [-0.05, 0) is 43.2 Å². The molecule has 5 nitrogen and oxygen atoms in total. The van der Waals surface area contributed by atoms with E-state index in [1.54, 1.807) is 18.2 Å². The third-order valence-corrected chi connectivity index (χ3v) is 4.03. The zero-order valence-corrected chi connectivity index (χ0v) is 13.0. The molecule has 0 atom stereocenters. The van der Waals surface area contributed by atoms with E-state index < -0.39 is 0 Å². The lowest BCUT2D eigenvalue weighted by molar-refractivity contribution is 0.217. The van der Waals surface area contributed by atoms with E-state index in [4.69, 9.17) is 4.42 Å². The van der Waals surface area contributed by atoms with E-state index in [1.165, 1.54) is 11.3 Å². The fourth-order valence-electron chi connectivity index (χ4n) is 2.78. The summed E-state index contributed by atoms with van der Waals surface area (Å²) in [6.07, 6.45) is 2.69. The molecule has 1 N–H and O–H groups in total. The summed E-state index contributed by atoms with van der Waals surface area (Å²) in [7, 11) is 1.75. The number of fused-ring (bicyclic) bond motifs is 1. The molecule has 0 radical (unpaired) electrons. The molecule has 2 aromatic rings. The molecule has 0 spiro atoms. The van der Waals surface area contributed by atoms with Crippen LogP contribution in [0, 0.1) is 0 Å². The van der Waals surface area contributed by atoms with E-state index in [9.17, 15) is 4.79 Å². The maximum absolute atomic E-state index is 12.2. The summed E-state index contributed by atoms with van der Waals surface area (Å²) < 4.78 is 5.27. The first-order valence-electron chi connectivity index (χ1n) is 7.59. The SMILES string of the molecule is CCN1CCc2ccc(NC(=O)N(C)Cc3ccco3)cc21. The number of rotatable bonds is 4. The van der Waals surface area contributed by atoms with Crippen LogP contribution in [0.5, 0.6) is 0 Å². The van der Waals surface area contributed by atoms with Gasteiger partial charge in [0, 0.05) is 31.5 Å². The highest BCUT2D eigenvalue weighted by Gasteiger charge is 2.18. The highest BCUT2D eigenvalue weighted by molar-refractivity contribution is 5.90. The molecule has 1 aliphatic rings. The molecule has 2 amide bonds. The molecule has 1 aromatic carbocycles. The number of amides is 2. The van der Waals surface area contributed by atoms with Crippen molar-refractivity contribution in [2.75, 3.05) is 30.4 Å². The maximum atomic E-state index is 12.2. The number of carbonyl (C=O) groups is 1. The van der Waals surface area contributed by atoms with E-state index in [2.05, 4.69) is 29.3 Å². The molecular formula is C17H21N3O2. The predicted octanol–water partition coefficient (Wildman–Crippen LogP) is 3.33. The van der Waals surface area contributed by atoms with Gasteiger partial charge in [-0.25, -0.2) is 4.79 Å². The topological polar surface area (TPSA) is 48.7 Å². The third-order valence-electron chi connectivity index (χ3n) is 4.03. The molecule has 5 heteroatoms. The Morgan fingerprint density at radius 3 is 3.00 bits per heavy atom. The Morgan fingerprint density at radius 2 is 2.27 bits per heavy atom. The van der Waals surface area contributed by atoms with E-state index in [-0.39, 0.29) is 6.03 Å². The minimum Gasteiger partial charge on any atom is -0.467 e. The van der Waals surface area contributed by atoms with Crippen LogP contribution in [-0.2, 0) is 13.0 Å². The molecule has 0 unspecified atom stereocenters. The largest absolute Gasteiger partial charge is 0.467 e. The average molecular weight is 299 g/mol. The van der Waals surface area contributed by atoms with Gasteiger partial charge >= 0.3 is 6.03 Å². The second kappa shape index (κ2) is 6.13.